The summed E-state index contributed by atoms with van der Waals surface area (Å²) < 4.78 is 0. The van der Waals surface area contributed by atoms with Gasteiger partial charge in [0.1, 0.15) is 5.82 Å². The van der Waals surface area contributed by atoms with Gasteiger partial charge in [-0.25, -0.2) is 4.98 Å². The lowest BCUT2D eigenvalue weighted by atomic mass is 10.2. The highest BCUT2D eigenvalue weighted by atomic mass is 15.2. The van der Waals surface area contributed by atoms with Crippen LogP contribution < -0.4 is 10.2 Å². The Labute approximate surface area is 111 Å². The Morgan fingerprint density at radius 3 is 2.83 bits per heavy atom. The van der Waals surface area contributed by atoms with Crippen molar-refractivity contribution in [2.45, 2.75) is 46.2 Å². The van der Waals surface area contributed by atoms with E-state index in [0.717, 1.165) is 31.5 Å². The quantitative estimate of drug-likeness (QED) is 0.803. The van der Waals surface area contributed by atoms with Gasteiger partial charge in [0.05, 0.1) is 0 Å². The van der Waals surface area contributed by atoms with Crippen LogP contribution in [0.3, 0.4) is 0 Å². The lowest BCUT2D eigenvalue weighted by Gasteiger charge is -2.25. The molecular weight excluding hydrogens is 222 g/mol. The summed E-state index contributed by atoms with van der Waals surface area (Å²) in [6.45, 7) is 9.75. The number of hydrogen-bond donors (Lipinski definition) is 1. The van der Waals surface area contributed by atoms with Gasteiger partial charge in [-0.3, -0.25) is 0 Å². The molecule has 3 nitrogen and oxygen atoms in total. The van der Waals surface area contributed by atoms with E-state index in [1.165, 1.54) is 18.4 Å². The predicted octanol–water partition coefficient (Wildman–Crippen LogP) is 2.82. The molecule has 18 heavy (non-hydrogen) atoms. The summed E-state index contributed by atoms with van der Waals surface area (Å²) in [7, 11) is 0. The van der Waals surface area contributed by atoms with Gasteiger partial charge in [-0.05, 0) is 43.0 Å². The fourth-order valence-electron chi connectivity index (χ4n) is 2.21. The van der Waals surface area contributed by atoms with E-state index in [2.05, 4.69) is 48.1 Å². The molecule has 0 atom stereocenters. The summed E-state index contributed by atoms with van der Waals surface area (Å²) in [6.07, 6.45) is 4.59. The summed E-state index contributed by atoms with van der Waals surface area (Å²) in [5, 5.41) is 3.37. The number of pyridine rings is 1. The van der Waals surface area contributed by atoms with Crippen molar-refractivity contribution in [2.75, 3.05) is 18.0 Å². The van der Waals surface area contributed by atoms with Crippen LogP contribution in [0.25, 0.3) is 0 Å². The minimum atomic E-state index is 0.685. The second-order valence-electron chi connectivity index (χ2n) is 5.58. The van der Waals surface area contributed by atoms with Gasteiger partial charge in [0.2, 0.25) is 0 Å². The van der Waals surface area contributed by atoms with E-state index in [1.54, 1.807) is 0 Å². The molecule has 0 bridgehead atoms. The Kier molecular flexibility index (Phi) is 4.59. The third-order valence-corrected chi connectivity index (χ3v) is 3.23. The molecule has 0 aliphatic heterocycles. The molecule has 1 aromatic rings. The zero-order valence-electron chi connectivity index (χ0n) is 11.8. The molecule has 1 aromatic heterocycles. The zero-order chi connectivity index (χ0) is 13.0. The average molecular weight is 247 g/mol. The Bertz CT molecular complexity index is 372. The van der Waals surface area contributed by atoms with Gasteiger partial charge in [-0.15, -0.1) is 0 Å². The molecule has 1 aliphatic carbocycles. The average Bonchev–Trinajstić information content (AvgIpc) is 3.18. The normalized spacial score (nSPS) is 15.1. The minimum absolute atomic E-state index is 0.685. The maximum absolute atomic E-state index is 4.56. The molecule has 1 fully saturated rings. The molecule has 3 heteroatoms. The van der Waals surface area contributed by atoms with Gasteiger partial charge in [0.15, 0.2) is 0 Å². The van der Waals surface area contributed by atoms with E-state index in [-0.39, 0.29) is 0 Å². The molecule has 0 saturated heterocycles. The maximum atomic E-state index is 4.56. The van der Waals surface area contributed by atoms with Crippen molar-refractivity contribution in [1.29, 1.82) is 0 Å². The molecule has 0 amide bonds. The molecule has 100 valence electrons. The molecule has 0 unspecified atom stereocenters. The molecule has 0 aromatic carbocycles. The molecule has 1 heterocycles. The minimum Gasteiger partial charge on any atom is -0.353 e. The number of nitrogens with zero attached hydrogens (tertiary/aromatic N) is 2. The summed E-state index contributed by atoms with van der Waals surface area (Å²) >= 11 is 0. The lowest BCUT2D eigenvalue weighted by molar-refractivity contribution is 0.602. The maximum Gasteiger partial charge on any atom is 0.129 e. The van der Waals surface area contributed by atoms with Crippen LogP contribution >= 0.6 is 0 Å². The number of anilines is 1. The van der Waals surface area contributed by atoms with Crippen molar-refractivity contribution in [3.8, 4) is 0 Å². The Morgan fingerprint density at radius 1 is 1.44 bits per heavy atom. The van der Waals surface area contributed by atoms with Gasteiger partial charge >= 0.3 is 0 Å². The van der Waals surface area contributed by atoms with Crippen LogP contribution in [0.5, 0.6) is 0 Å². The largest absolute Gasteiger partial charge is 0.353 e. The standard InChI is InChI=1S/C15H25N3/c1-4-16-10-13-7-8-17-15(9-13)18(11-12(2)3)14-5-6-14/h7-9,12,14,16H,4-6,10-11H2,1-3H3. The summed E-state index contributed by atoms with van der Waals surface area (Å²) in [6, 6.07) is 5.07. The van der Waals surface area contributed by atoms with Crippen LogP contribution in [0.15, 0.2) is 18.3 Å². The van der Waals surface area contributed by atoms with Crippen LogP contribution in [-0.4, -0.2) is 24.1 Å². The monoisotopic (exact) mass is 247 g/mol. The number of aromatic nitrogens is 1. The summed E-state index contributed by atoms with van der Waals surface area (Å²) in [5.74, 6) is 1.84. The van der Waals surface area contributed by atoms with Crippen molar-refractivity contribution < 1.29 is 0 Å². The van der Waals surface area contributed by atoms with Crippen LogP contribution in [-0.2, 0) is 6.54 Å². The molecule has 2 rings (SSSR count). The lowest BCUT2D eigenvalue weighted by Crippen LogP contribution is -2.30. The number of nitrogens with one attached hydrogen (secondary N) is 1. The van der Waals surface area contributed by atoms with Crippen LogP contribution in [0.1, 0.15) is 39.2 Å². The highest BCUT2D eigenvalue weighted by Gasteiger charge is 2.30. The first-order valence-corrected chi connectivity index (χ1v) is 7.13. The highest BCUT2D eigenvalue weighted by molar-refractivity contribution is 5.43. The highest BCUT2D eigenvalue weighted by Crippen LogP contribution is 2.31. The molecule has 1 N–H and O–H groups in total. The van der Waals surface area contributed by atoms with Gasteiger partial charge in [-0.2, -0.15) is 0 Å². The Morgan fingerprint density at radius 2 is 2.22 bits per heavy atom. The van der Waals surface area contributed by atoms with E-state index in [4.69, 9.17) is 0 Å². The third-order valence-electron chi connectivity index (χ3n) is 3.23. The van der Waals surface area contributed by atoms with E-state index in [0.29, 0.717) is 5.92 Å². The first-order chi connectivity index (χ1) is 8.70. The van der Waals surface area contributed by atoms with Crippen molar-refractivity contribution in [2.24, 2.45) is 5.92 Å². The third kappa shape index (κ3) is 3.70. The van der Waals surface area contributed by atoms with Crippen LogP contribution in [0.4, 0.5) is 5.82 Å². The van der Waals surface area contributed by atoms with E-state index >= 15 is 0 Å². The molecule has 0 spiro atoms. The van der Waals surface area contributed by atoms with Gasteiger partial charge in [0, 0.05) is 25.3 Å². The van der Waals surface area contributed by atoms with Crippen LogP contribution in [0, 0.1) is 5.92 Å². The SMILES string of the molecule is CCNCc1ccnc(N(CC(C)C)C2CC2)c1. The Balaban J connectivity index is 2.08. The molecule has 0 radical (unpaired) electrons. The fraction of sp³-hybridized carbons (Fsp3) is 0.667. The van der Waals surface area contributed by atoms with Crippen molar-refractivity contribution in [1.82, 2.24) is 10.3 Å². The van der Waals surface area contributed by atoms with E-state index in [9.17, 15) is 0 Å². The van der Waals surface area contributed by atoms with Crippen LogP contribution in [0.2, 0.25) is 0 Å². The second kappa shape index (κ2) is 6.19. The van der Waals surface area contributed by atoms with Gasteiger partial charge < -0.3 is 10.2 Å². The summed E-state index contributed by atoms with van der Waals surface area (Å²) in [5.41, 5.74) is 1.33. The van der Waals surface area contributed by atoms with Gasteiger partial charge in [-0.1, -0.05) is 20.8 Å². The van der Waals surface area contributed by atoms with Crippen molar-refractivity contribution >= 4 is 5.82 Å². The molecular formula is C15H25N3. The second-order valence-corrected chi connectivity index (χ2v) is 5.58. The zero-order valence-corrected chi connectivity index (χ0v) is 11.8. The molecule has 1 aliphatic rings. The predicted molar refractivity (Wildman–Crippen MR) is 76.8 cm³/mol. The van der Waals surface area contributed by atoms with E-state index in [1.807, 2.05) is 6.20 Å². The number of rotatable bonds is 7. The fourth-order valence-corrected chi connectivity index (χ4v) is 2.21. The topological polar surface area (TPSA) is 28.2 Å². The smallest absolute Gasteiger partial charge is 0.129 e. The first-order valence-electron chi connectivity index (χ1n) is 7.13. The summed E-state index contributed by atoms with van der Waals surface area (Å²) in [4.78, 5) is 7.05. The number of hydrogen-bond acceptors (Lipinski definition) is 3. The van der Waals surface area contributed by atoms with Crippen molar-refractivity contribution in [3.63, 3.8) is 0 Å². The molecule has 1 saturated carbocycles. The van der Waals surface area contributed by atoms with Gasteiger partial charge in [0.25, 0.3) is 0 Å². The first kappa shape index (κ1) is 13.3. The Hall–Kier alpha value is -1.09. The van der Waals surface area contributed by atoms with Crippen molar-refractivity contribution in [3.05, 3.63) is 23.9 Å². The van der Waals surface area contributed by atoms with E-state index < -0.39 is 0 Å².